The first-order valence-electron chi connectivity index (χ1n) is 5.40. The fourth-order valence-electron chi connectivity index (χ4n) is 1.34. The van der Waals surface area contributed by atoms with Gasteiger partial charge in [0.25, 0.3) is 0 Å². The zero-order valence-corrected chi connectivity index (χ0v) is 10.6. The van der Waals surface area contributed by atoms with E-state index in [9.17, 15) is 0 Å². The molecule has 0 heterocycles. The van der Waals surface area contributed by atoms with Crippen molar-refractivity contribution in [2.75, 3.05) is 13.2 Å². The molecule has 0 aliphatic heterocycles. The number of halogens is 1. The SMILES string of the molecule is C=CCOc1ccccc1CNCCC.Cl. The average Bonchev–Trinajstić information content (AvgIpc) is 2.28. The van der Waals surface area contributed by atoms with E-state index >= 15 is 0 Å². The first-order valence-corrected chi connectivity index (χ1v) is 5.40. The van der Waals surface area contributed by atoms with Crippen LogP contribution in [-0.2, 0) is 6.54 Å². The minimum Gasteiger partial charge on any atom is -0.489 e. The molecule has 1 aromatic rings. The van der Waals surface area contributed by atoms with E-state index in [1.165, 1.54) is 5.56 Å². The second kappa shape index (κ2) is 9.25. The van der Waals surface area contributed by atoms with E-state index in [-0.39, 0.29) is 12.4 Å². The number of nitrogens with one attached hydrogen (secondary N) is 1. The van der Waals surface area contributed by atoms with Crippen LogP contribution in [0.25, 0.3) is 0 Å². The van der Waals surface area contributed by atoms with E-state index in [4.69, 9.17) is 4.74 Å². The second-order valence-electron chi connectivity index (χ2n) is 3.38. The highest BCUT2D eigenvalue weighted by Gasteiger charge is 2.00. The summed E-state index contributed by atoms with van der Waals surface area (Å²) >= 11 is 0. The van der Waals surface area contributed by atoms with E-state index in [0.29, 0.717) is 6.61 Å². The third-order valence-corrected chi connectivity index (χ3v) is 2.07. The fourth-order valence-corrected chi connectivity index (χ4v) is 1.34. The molecule has 0 unspecified atom stereocenters. The lowest BCUT2D eigenvalue weighted by atomic mass is 10.2. The van der Waals surface area contributed by atoms with Crippen LogP contribution >= 0.6 is 12.4 Å². The van der Waals surface area contributed by atoms with Gasteiger partial charge >= 0.3 is 0 Å². The second-order valence-corrected chi connectivity index (χ2v) is 3.38. The number of benzene rings is 1. The molecule has 0 aromatic heterocycles. The van der Waals surface area contributed by atoms with E-state index < -0.39 is 0 Å². The zero-order chi connectivity index (χ0) is 10.9. The molecule has 1 rings (SSSR count). The van der Waals surface area contributed by atoms with Crippen LogP contribution in [0, 0.1) is 0 Å². The summed E-state index contributed by atoms with van der Waals surface area (Å²) in [4.78, 5) is 0. The molecule has 0 bridgehead atoms. The van der Waals surface area contributed by atoms with Crippen molar-refractivity contribution in [3.63, 3.8) is 0 Å². The van der Waals surface area contributed by atoms with Crippen molar-refractivity contribution in [3.8, 4) is 5.75 Å². The highest BCUT2D eigenvalue weighted by atomic mass is 35.5. The van der Waals surface area contributed by atoms with Gasteiger partial charge in [-0.15, -0.1) is 12.4 Å². The average molecular weight is 242 g/mol. The van der Waals surface area contributed by atoms with Crippen LogP contribution in [0.5, 0.6) is 5.75 Å². The van der Waals surface area contributed by atoms with Crippen molar-refractivity contribution >= 4 is 12.4 Å². The van der Waals surface area contributed by atoms with E-state index in [0.717, 1.165) is 25.3 Å². The Bertz CT molecular complexity index is 302. The molecule has 0 aliphatic carbocycles. The van der Waals surface area contributed by atoms with Crippen molar-refractivity contribution in [1.82, 2.24) is 5.32 Å². The van der Waals surface area contributed by atoms with E-state index in [2.05, 4.69) is 24.9 Å². The van der Waals surface area contributed by atoms with Crippen molar-refractivity contribution in [2.45, 2.75) is 19.9 Å². The lowest BCUT2D eigenvalue weighted by Crippen LogP contribution is -2.14. The molecule has 1 N–H and O–H groups in total. The maximum absolute atomic E-state index is 5.56. The minimum atomic E-state index is 0. The third kappa shape index (κ3) is 5.19. The Labute approximate surface area is 104 Å². The predicted octanol–water partition coefficient (Wildman–Crippen LogP) is 3.17. The summed E-state index contributed by atoms with van der Waals surface area (Å²) < 4.78 is 5.56. The van der Waals surface area contributed by atoms with Crippen LogP contribution in [0.15, 0.2) is 36.9 Å². The number of ether oxygens (including phenoxy) is 1. The van der Waals surface area contributed by atoms with Gasteiger partial charge in [-0.2, -0.15) is 0 Å². The maximum atomic E-state index is 5.56. The Morgan fingerprint density at radius 3 is 2.81 bits per heavy atom. The molecule has 0 spiro atoms. The smallest absolute Gasteiger partial charge is 0.124 e. The highest BCUT2D eigenvalue weighted by molar-refractivity contribution is 5.85. The van der Waals surface area contributed by atoms with Gasteiger partial charge in [-0.1, -0.05) is 37.8 Å². The number of hydrogen-bond acceptors (Lipinski definition) is 2. The van der Waals surface area contributed by atoms with Gasteiger partial charge in [0.1, 0.15) is 12.4 Å². The van der Waals surface area contributed by atoms with Gasteiger partial charge < -0.3 is 10.1 Å². The monoisotopic (exact) mass is 241 g/mol. The molecule has 0 fully saturated rings. The topological polar surface area (TPSA) is 21.3 Å². The lowest BCUT2D eigenvalue weighted by molar-refractivity contribution is 0.358. The van der Waals surface area contributed by atoms with Gasteiger partial charge in [0.15, 0.2) is 0 Å². The number of hydrogen-bond donors (Lipinski definition) is 1. The van der Waals surface area contributed by atoms with Crippen molar-refractivity contribution in [1.29, 1.82) is 0 Å². The van der Waals surface area contributed by atoms with Crippen LogP contribution < -0.4 is 10.1 Å². The molecule has 90 valence electrons. The molecule has 0 amide bonds. The van der Waals surface area contributed by atoms with Gasteiger partial charge in [-0.3, -0.25) is 0 Å². The molecule has 1 aromatic carbocycles. The quantitative estimate of drug-likeness (QED) is 0.585. The largest absolute Gasteiger partial charge is 0.489 e. The molecule has 0 saturated heterocycles. The molecule has 2 nitrogen and oxygen atoms in total. The summed E-state index contributed by atoms with van der Waals surface area (Å²) in [6.45, 7) is 8.26. The van der Waals surface area contributed by atoms with Gasteiger partial charge in [0.05, 0.1) is 0 Å². The molecule has 0 aliphatic rings. The van der Waals surface area contributed by atoms with Crippen LogP contribution in [-0.4, -0.2) is 13.2 Å². The summed E-state index contributed by atoms with van der Waals surface area (Å²) in [6, 6.07) is 8.10. The summed E-state index contributed by atoms with van der Waals surface area (Å²) in [5.41, 5.74) is 1.20. The van der Waals surface area contributed by atoms with Crippen molar-refractivity contribution in [2.24, 2.45) is 0 Å². The standard InChI is InChI=1S/C13H19NO.ClH/c1-3-9-14-11-12-7-5-6-8-13(12)15-10-4-2;/h4-8,14H,2-3,9-11H2,1H3;1H. The van der Waals surface area contributed by atoms with E-state index in [1.807, 2.05) is 18.2 Å². The first-order chi connectivity index (χ1) is 7.38. The fraction of sp³-hybridized carbons (Fsp3) is 0.385. The summed E-state index contributed by atoms with van der Waals surface area (Å²) in [7, 11) is 0. The first kappa shape index (κ1) is 15.0. The van der Waals surface area contributed by atoms with Gasteiger partial charge in [-0.25, -0.2) is 0 Å². The number of rotatable bonds is 7. The molecule has 16 heavy (non-hydrogen) atoms. The predicted molar refractivity (Wildman–Crippen MR) is 71.4 cm³/mol. The van der Waals surface area contributed by atoms with Crippen LogP contribution in [0.1, 0.15) is 18.9 Å². The summed E-state index contributed by atoms with van der Waals surface area (Å²) in [5.74, 6) is 0.945. The molecule has 0 atom stereocenters. The highest BCUT2D eigenvalue weighted by Crippen LogP contribution is 2.17. The Balaban J connectivity index is 0.00000225. The van der Waals surface area contributed by atoms with Gasteiger partial charge in [-0.05, 0) is 19.0 Å². The zero-order valence-electron chi connectivity index (χ0n) is 9.74. The third-order valence-electron chi connectivity index (χ3n) is 2.07. The van der Waals surface area contributed by atoms with Gasteiger partial charge in [0, 0.05) is 12.1 Å². The molecular formula is C13H20ClNO. The van der Waals surface area contributed by atoms with Crippen LogP contribution in [0.2, 0.25) is 0 Å². The van der Waals surface area contributed by atoms with Crippen molar-refractivity contribution < 1.29 is 4.74 Å². The molecule has 3 heteroatoms. The Morgan fingerprint density at radius 1 is 1.38 bits per heavy atom. The number of para-hydroxylation sites is 1. The van der Waals surface area contributed by atoms with Gasteiger partial charge in [0.2, 0.25) is 0 Å². The maximum Gasteiger partial charge on any atom is 0.124 e. The van der Waals surface area contributed by atoms with Crippen molar-refractivity contribution in [3.05, 3.63) is 42.5 Å². The van der Waals surface area contributed by atoms with Crippen LogP contribution in [0.4, 0.5) is 0 Å². The Morgan fingerprint density at radius 2 is 2.12 bits per heavy atom. The summed E-state index contributed by atoms with van der Waals surface area (Å²) in [5, 5.41) is 3.36. The molecule has 0 saturated carbocycles. The molecular weight excluding hydrogens is 222 g/mol. The minimum absolute atomic E-state index is 0. The molecule has 0 radical (unpaired) electrons. The Hall–Kier alpha value is -0.990. The normalized spacial score (nSPS) is 9.31. The van der Waals surface area contributed by atoms with E-state index in [1.54, 1.807) is 6.08 Å². The Kier molecular flexibility index (Phi) is 8.68. The lowest BCUT2D eigenvalue weighted by Gasteiger charge is -2.10. The summed E-state index contributed by atoms with van der Waals surface area (Å²) in [6.07, 6.45) is 2.91. The van der Waals surface area contributed by atoms with Crippen LogP contribution in [0.3, 0.4) is 0 Å².